The minimum atomic E-state index is -1.00. The Kier molecular flexibility index (Phi) is 9.42. The molecule has 3 aromatic rings. The van der Waals surface area contributed by atoms with Crippen molar-refractivity contribution in [3.63, 3.8) is 0 Å². The SMILES string of the molecule is C/C=C/CCC1OCC(c2ccc(-c3ccc(-c4ccc(OCCCC)c(F)c4F)cc3)c(F)c2)CO1. The van der Waals surface area contributed by atoms with Gasteiger partial charge in [0.05, 0.1) is 19.8 Å². The van der Waals surface area contributed by atoms with Crippen LogP contribution in [-0.4, -0.2) is 26.1 Å². The third-order valence-corrected chi connectivity index (χ3v) is 6.55. The predicted molar refractivity (Wildman–Crippen MR) is 140 cm³/mol. The van der Waals surface area contributed by atoms with Crippen LogP contribution < -0.4 is 4.74 Å². The normalized spacial score (nSPS) is 17.9. The molecule has 0 atom stereocenters. The summed E-state index contributed by atoms with van der Waals surface area (Å²) < 4.78 is 61.2. The highest BCUT2D eigenvalue weighted by Crippen LogP contribution is 2.33. The van der Waals surface area contributed by atoms with Crippen molar-refractivity contribution in [1.29, 1.82) is 0 Å². The Labute approximate surface area is 216 Å². The number of hydrogen-bond acceptors (Lipinski definition) is 3. The van der Waals surface area contributed by atoms with Crippen molar-refractivity contribution in [1.82, 2.24) is 0 Å². The van der Waals surface area contributed by atoms with Gasteiger partial charge < -0.3 is 14.2 Å². The van der Waals surface area contributed by atoms with Crippen LogP contribution in [0.5, 0.6) is 5.75 Å². The molecule has 0 bridgehead atoms. The first kappa shape index (κ1) is 27.0. The molecule has 3 aromatic carbocycles. The topological polar surface area (TPSA) is 27.7 Å². The van der Waals surface area contributed by atoms with Crippen LogP contribution in [0.25, 0.3) is 22.3 Å². The summed E-state index contributed by atoms with van der Waals surface area (Å²) in [4.78, 5) is 0. The molecule has 0 radical (unpaired) electrons. The van der Waals surface area contributed by atoms with E-state index in [4.69, 9.17) is 14.2 Å². The number of ether oxygens (including phenoxy) is 3. The smallest absolute Gasteiger partial charge is 0.201 e. The Morgan fingerprint density at radius 3 is 2.22 bits per heavy atom. The van der Waals surface area contributed by atoms with E-state index in [2.05, 4.69) is 6.08 Å². The molecule has 1 heterocycles. The molecule has 0 spiro atoms. The summed E-state index contributed by atoms with van der Waals surface area (Å²) in [5.74, 6) is -2.44. The zero-order valence-corrected chi connectivity index (χ0v) is 21.3. The third kappa shape index (κ3) is 6.62. The third-order valence-electron chi connectivity index (χ3n) is 6.55. The van der Waals surface area contributed by atoms with Crippen molar-refractivity contribution in [2.45, 2.75) is 51.7 Å². The van der Waals surface area contributed by atoms with E-state index in [1.807, 2.05) is 26.0 Å². The maximum Gasteiger partial charge on any atom is 0.201 e. The van der Waals surface area contributed by atoms with Crippen LogP contribution in [-0.2, 0) is 9.47 Å². The molecular formula is C31H33F3O3. The fourth-order valence-corrected chi connectivity index (χ4v) is 4.34. The van der Waals surface area contributed by atoms with E-state index in [0.717, 1.165) is 31.2 Å². The van der Waals surface area contributed by atoms with Gasteiger partial charge in [0.1, 0.15) is 5.82 Å². The first-order chi connectivity index (χ1) is 18.0. The van der Waals surface area contributed by atoms with Crippen LogP contribution in [0.4, 0.5) is 13.2 Å². The lowest BCUT2D eigenvalue weighted by Gasteiger charge is -2.29. The first-order valence-corrected chi connectivity index (χ1v) is 12.9. The number of rotatable bonds is 10. The fourth-order valence-electron chi connectivity index (χ4n) is 4.34. The van der Waals surface area contributed by atoms with Crippen molar-refractivity contribution in [3.8, 4) is 28.0 Å². The minimum Gasteiger partial charge on any atom is -0.490 e. The van der Waals surface area contributed by atoms with Crippen LogP contribution in [0, 0.1) is 17.5 Å². The highest BCUT2D eigenvalue weighted by molar-refractivity contribution is 5.71. The van der Waals surface area contributed by atoms with Gasteiger partial charge in [0.15, 0.2) is 17.9 Å². The van der Waals surface area contributed by atoms with E-state index in [0.29, 0.717) is 36.5 Å². The monoisotopic (exact) mass is 510 g/mol. The highest BCUT2D eigenvalue weighted by atomic mass is 19.2. The number of allylic oxidation sites excluding steroid dienone is 2. The molecule has 1 saturated heterocycles. The van der Waals surface area contributed by atoms with Gasteiger partial charge >= 0.3 is 0 Å². The van der Waals surface area contributed by atoms with Gasteiger partial charge in [0.2, 0.25) is 5.82 Å². The first-order valence-electron chi connectivity index (χ1n) is 12.9. The Balaban J connectivity index is 1.43. The van der Waals surface area contributed by atoms with Crippen LogP contribution in [0.2, 0.25) is 0 Å². The molecule has 1 fully saturated rings. The molecule has 0 N–H and O–H groups in total. The van der Waals surface area contributed by atoms with E-state index in [9.17, 15) is 8.78 Å². The molecule has 1 aliphatic heterocycles. The average Bonchev–Trinajstić information content (AvgIpc) is 2.92. The fraction of sp³-hybridized carbons (Fsp3) is 0.355. The maximum absolute atomic E-state index is 15.1. The molecule has 6 heteroatoms. The van der Waals surface area contributed by atoms with Gasteiger partial charge in [-0.2, -0.15) is 4.39 Å². The van der Waals surface area contributed by atoms with Crippen molar-refractivity contribution in [2.24, 2.45) is 0 Å². The molecule has 196 valence electrons. The Hall–Kier alpha value is -3.09. The summed E-state index contributed by atoms with van der Waals surface area (Å²) in [6.07, 6.45) is 7.22. The van der Waals surface area contributed by atoms with Gasteiger partial charge in [-0.15, -0.1) is 0 Å². The van der Waals surface area contributed by atoms with Gasteiger partial charge in [-0.3, -0.25) is 0 Å². The van der Waals surface area contributed by atoms with Crippen molar-refractivity contribution >= 4 is 0 Å². The molecule has 3 nitrogen and oxygen atoms in total. The lowest BCUT2D eigenvalue weighted by molar-refractivity contribution is -0.189. The summed E-state index contributed by atoms with van der Waals surface area (Å²) in [7, 11) is 0. The minimum absolute atomic E-state index is 0.0318. The Morgan fingerprint density at radius 1 is 0.892 bits per heavy atom. The summed E-state index contributed by atoms with van der Waals surface area (Å²) >= 11 is 0. The molecule has 4 rings (SSSR count). The Bertz CT molecular complexity index is 1200. The summed E-state index contributed by atoms with van der Waals surface area (Å²) in [5, 5.41) is 0. The summed E-state index contributed by atoms with van der Waals surface area (Å²) in [6, 6.07) is 14.8. The molecule has 0 saturated carbocycles. The van der Waals surface area contributed by atoms with Gasteiger partial charge in [0, 0.05) is 23.5 Å². The van der Waals surface area contributed by atoms with Gasteiger partial charge in [-0.05, 0) is 54.7 Å². The Morgan fingerprint density at radius 2 is 1.57 bits per heavy atom. The lowest BCUT2D eigenvalue weighted by Crippen LogP contribution is -2.30. The number of halogens is 3. The molecular weight excluding hydrogens is 477 g/mol. The second-order valence-corrected chi connectivity index (χ2v) is 9.20. The van der Waals surface area contributed by atoms with Gasteiger partial charge in [-0.25, -0.2) is 8.78 Å². The predicted octanol–water partition coefficient (Wildman–Crippen LogP) is 8.43. The van der Waals surface area contributed by atoms with E-state index >= 15 is 4.39 Å². The van der Waals surface area contributed by atoms with E-state index in [1.54, 1.807) is 30.3 Å². The lowest BCUT2D eigenvalue weighted by atomic mass is 9.95. The largest absolute Gasteiger partial charge is 0.490 e. The van der Waals surface area contributed by atoms with Gasteiger partial charge in [0.25, 0.3) is 0 Å². The zero-order valence-electron chi connectivity index (χ0n) is 21.3. The molecule has 0 unspecified atom stereocenters. The number of unbranched alkanes of at least 4 members (excludes halogenated alkanes) is 1. The zero-order chi connectivity index (χ0) is 26.2. The van der Waals surface area contributed by atoms with Crippen LogP contribution in [0.15, 0.2) is 66.7 Å². The molecule has 37 heavy (non-hydrogen) atoms. The van der Waals surface area contributed by atoms with E-state index in [1.165, 1.54) is 18.2 Å². The number of benzene rings is 3. The van der Waals surface area contributed by atoms with Gasteiger partial charge in [-0.1, -0.05) is 61.9 Å². The van der Waals surface area contributed by atoms with Crippen molar-refractivity contribution < 1.29 is 27.4 Å². The summed E-state index contributed by atoms with van der Waals surface area (Å²) in [5.41, 5.74) is 2.53. The van der Waals surface area contributed by atoms with Crippen LogP contribution in [0.1, 0.15) is 51.0 Å². The standard InChI is InChI=1S/C31H33F3O3/c1-3-5-7-8-29-36-19-24(20-37-29)23-13-14-25(27(32)18-23)21-9-11-22(12-10-21)26-15-16-28(31(34)30(26)33)35-17-6-4-2/h3,5,9-16,18,24,29H,4,6-8,17,19-20H2,1-2H3/b5-3+. The molecule has 0 amide bonds. The summed E-state index contributed by atoms with van der Waals surface area (Å²) in [6.45, 7) is 5.28. The second kappa shape index (κ2) is 12.9. The van der Waals surface area contributed by atoms with Crippen molar-refractivity contribution in [2.75, 3.05) is 19.8 Å². The number of hydrogen-bond donors (Lipinski definition) is 0. The van der Waals surface area contributed by atoms with Crippen LogP contribution in [0.3, 0.4) is 0 Å². The molecule has 1 aliphatic rings. The highest BCUT2D eigenvalue weighted by Gasteiger charge is 2.24. The molecule has 0 aromatic heterocycles. The average molecular weight is 511 g/mol. The second-order valence-electron chi connectivity index (χ2n) is 9.20. The van der Waals surface area contributed by atoms with E-state index < -0.39 is 11.6 Å². The molecule has 0 aliphatic carbocycles. The van der Waals surface area contributed by atoms with Crippen molar-refractivity contribution in [3.05, 3.63) is 89.8 Å². The van der Waals surface area contributed by atoms with Crippen LogP contribution >= 0.6 is 0 Å². The maximum atomic E-state index is 15.1. The quantitative estimate of drug-likeness (QED) is 0.202. The van der Waals surface area contributed by atoms with E-state index in [-0.39, 0.29) is 29.3 Å².